The lowest BCUT2D eigenvalue weighted by Gasteiger charge is -2.33. The zero-order chi connectivity index (χ0) is 12.1. The number of nitrogens with zero attached hydrogens (tertiary/aromatic N) is 2. The summed E-state index contributed by atoms with van der Waals surface area (Å²) in [5.74, 6) is 0.739. The summed E-state index contributed by atoms with van der Waals surface area (Å²) < 4.78 is 0. The summed E-state index contributed by atoms with van der Waals surface area (Å²) in [4.78, 5) is 4.98. The van der Waals surface area contributed by atoms with E-state index in [2.05, 4.69) is 50.0 Å². The van der Waals surface area contributed by atoms with Crippen molar-refractivity contribution in [2.24, 2.45) is 5.92 Å². The molecule has 0 amide bonds. The van der Waals surface area contributed by atoms with Crippen LogP contribution in [0.2, 0.25) is 0 Å². The molecule has 1 heterocycles. The third-order valence-electron chi connectivity index (χ3n) is 3.50. The second-order valence-corrected chi connectivity index (χ2v) is 5.61. The van der Waals surface area contributed by atoms with Gasteiger partial charge in [-0.2, -0.15) is 0 Å². The lowest BCUT2D eigenvalue weighted by Crippen LogP contribution is -2.45. The highest BCUT2D eigenvalue weighted by molar-refractivity contribution is 4.87. The predicted octanol–water partition coefficient (Wildman–Crippen LogP) is 1.26. The summed E-state index contributed by atoms with van der Waals surface area (Å²) in [6.07, 6.45) is 1.31. The van der Waals surface area contributed by atoms with Crippen LogP contribution in [0, 0.1) is 5.92 Å². The van der Waals surface area contributed by atoms with Gasteiger partial charge in [0.05, 0.1) is 0 Å². The zero-order valence-corrected chi connectivity index (χ0v) is 11.7. The molecule has 3 nitrogen and oxygen atoms in total. The topological polar surface area (TPSA) is 18.5 Å². The van der Waals surface area contributed by atoms with Crippen molar-refractivity contribution in [1.29, 1.82) is 0 Å². The number of hydrogen-bond donors (Lipinski definition) is 1. The van der Waals surface area contributed by atoms with Gasteiger partial charge < -0.3 is 10.2 Å². The Morgan fingerprint density at radius 3 is 2.56 bits per heavy atom. The number of likely N-dealkylation sites (tertiary alicyclic amines) is 1. The molecule has 2 unspecified atom stereocenters. The maximum atomic E-state index is 3.57. The Morgan fingerprint density at radius 1 is 1.38 bits per heavy atom. The van der Waals surface area contributed by atoms with Gasteiger partial charge in [0.25, 0.3) is 0 Å². The Bertz CT molecular complexity index is 192. The molecule has 1 N–H and O–H groups in total. The molecule has 0 aromatic carbocycles. The summed E-state index contributed by atoms with van der Waals surface area (Å²) in [6.45, 7) is 11.6. The highest BCUT2D eigenvalue weighted by Gasteiger charge is 2.29. The highest BCUT2D eigenvalue weighted by atomic mass is 15.2. The van der Waals surface area contributed by atoms with Gasteiger partial charge in [-0.15, -0.1) is 0 Å². The van der Waals surface area contributed by atoms with E-state index >= 15 is 0 Å². The Kier molecular flexibility index (Phi) is 5.73. The first kappa shape index (κ1) is 13.9. The Balaban J connectivity index is 2.47. The van der Waals surface area contributed by atoms with Gasteiger partial charge in [0.1, 0.15) is 0 Å². The van der Waals surface area contributed by atoms with Crippen molar-refractivity contribution in [2.45, 2.75) is 39.3 Å². The van der Waals surface area contributed by atoms with E-state index in [4.69, 9.17) is 0 Å². The van der Waals surface area contributed by atoms with E-state index in [0.717, 1.165) is 12.5 Å². The standard InChI is InChI=1S/C13H29N3/c1-6-14-12-7-8-16(9-12)13(11(2)3)10-15(4)5/h11-14H,6-10H2,1-5H3. The molecule has 1 fully saturated rings. The maximum Gasteiger partial charge on any atom is 0.0246 e. The van der Waals surface area contributed by atoms with Crippen LogP contribution >= 0.6 is 0 Å². The lowest BCUT2D eigenvalue weighted by molar-refractivity contribution is 0.150. The fraction of sp³-hybridized carbons (Fsp3) is 1.00. The van der Waals surface area contributed by atoms with Crippen LogP contribution in [0.15, 0.2) is 0 Å². The van der Waals surface area contributed by atoms with Crippen LogP contribution in [-0.4, -0.2) is 62.2 Å². The van der Waals surface area contributed by atoms with Crippen molar-refractivity contribution in [3.8, 4) is 0 Å². The van der Waals surface area contributed by atoms with Gasteiger partial charge in [0, 0.05) is 31.7 Å². The molecule has 96 valence electrons. The molecule has 1 aliphatic rings. The van der Waals surface area contributed by atoms with Crippen LogP contribution in [0.25, 0.3) is 0 Å². The van der Waals surface area contributed by atoms with E-state index < -0.39 is 0 Å². The number of hydrogen-bond acceptors (Lipinski definition) is 3. The van der Waals surface area contributed by atoms with E-state index in [1.165, 1.54) is 26.1 Å². The maximum absolute atomic E-state index is 3.57. The molecule has 0 aromatic rings. The van der Waals surface area contributed by atoms with Crippen LogP contribution in [0.5, 0.6) is 0 Å². The third-order valence-corrected chi connectivity index (χ3v) is 3.50. The highest BCUT2D eigenvalue weighted by Crippen LogP contribution is 2.18. The van der Waals surface area contributed by atoms with Crippen LogP contribution < -0.4 is 5.32 Å². The van der Waals surface area contributed by atoms with Crippen molar-refractivity contribution >= 4 is 0 Å². The summed E-state index contributed by atoms with van der Waals surface area (Å²) in [6, 6.07) is 1.42. The molecule has 2 atom stereocenters. The predicted molar refractivity (Wildman–Crippen MR) is 70.8 cm³/mol. The van der Waals surface area contributed by atoms with Crippen LogP contribution in [-0.2, 0) is 0 Å². The molecule has 0 radical (unpaired) electrons. The number of nitrogens with one attached hydrogen (secondary N) is 1. The van der Waals surface area contributed by atoms with Gasteiger partial charge in [-0.25, -0.2) is 0 Å². The van der Waals surface area contributed by atoms with Crippen LogP contribution in [0.3, 0.4) is 0 Å². The van der Waals surface area contributed by atoms with E-state index in [1.807, 2.05) is 0 Å². The molecule has 1 aliphatic heterocycles. The number of likely N-dealkylation sites (N-methyl/N-ethyl adjacent to an activating group) is 2. The average molecular weight is 227 g/mol. The smallest absolute Gasteiger partial charge is 0.0246 e. The summed E-state index contributed by atoms with van der Waals surface area (Å²) in [7, 11) is 4.35. The first-order chi connectivity index (χ1) is 7.54. The minimum absolute atomic E-state index is 0.707. The van der Waals surface area contributed by atoms with E-state index in [-0.39, 0.29) is 0 Å². The number of rotatable bonds is 6. The second-order valence-electron chi connectivity index (χ2n) is 5.61. The molecular weight excluding hydrogens is 198 g/mol. The first-order valence-electron chi connectivity index (χ1n) is 6.66. The zero-order valence-electron chi connectivity index (χ0n) is 11.7. The fourth-order valence-electron chi connectivity index (χ4n) is 2.67. The molecular formula is C13H29N3. The van der Waals surface area contributed by atoms with Gasteiger partial charge in [-0.1, -0.05) is 20.8 Å². The SMILES string of the molecule is CCNC1CCN(C(CN(C)C)C(C)C)C1. The molecule has 0 aromatic heterocycles. The molecule has 1 rings (SSSR count). The van der Waals surface area contributed by atoms with Crippen molar-refractivity contribution < 1.29 is 0 Å². The lowest BCUT2D eigenvalue weighted by atomic mass is 10.0. The second kappa shape index (κ2) is 6.58. The summed E-state index contributed by atoms with van der Waals surface area (Å²) >= 11 is 0. The quantitative estimate of drug-likeness (QED) is 0.737. The van der Waals surface area contributed by atoms with Crippen molar-refractivity contribution in [3.63, 3.8) is 0 Å². The molecule has 0 spiro atoms. The summed E-state index contributed by atoms with van der Waals surface area (Å²) in [5.41, 5.74) is 0. The van der Waals surface area contributed by atoms with Crippen molar-refractivity contribution in [2.75, 3.05) is 40.3 Å². The fourth-order valence-corrected chi connectivity index (χ4v) is 2.67. The monoisotopic (exact) mass is 227 g/mol. The Labute approximate surface area is 101 Å². The van der Waals surface area contributed by atoms with Gasteiger partial charge in [0.15, 0.2) is 0 Å². The Hall–Kier alpha value is -0.120. The molecule has 0 aliphatic carbocycles. The van der Waals surface area contributed by atoms with Gasteiger partial charge in [0.2, 0.25) is 0 Å². The van der Waals surface area contributed by atoms with E-state index in [1.54, 1.807) is 0 Å². The van der Waals surface area contributed by atoms with Gasteiger partial charge in [-0.05, 0) is 33.0 Å². The molecule has 3 heteroatoms. The van der Waals surface area contributed by atoms with E-state index in [9.17, 15) is 0 Å². The van der Waals surface area contributed by atoms with E-state index in [0.29, 0.717) is 12.1 Å². The van der Waals surface area contributed by atoms with Gasteiger partial charge >= 0.3 is 0 Å². The van der Waals surface area contributed by atoms with Crippen LogP contribution in [0.4, 0.5) is 0 Å². The summed E-state index contributed by atoms with van der Waals surface area (Å²) in [5, 5.41) is 3.57. The Morgan fingerprint density at radius 2 is 2.06 bits per heavy atom. The molecule has 16 heavy (non-hydrogen) atoms. The minimum Gasteiger partial charge on any atom is -0.313 e. The van der Waals surface area contributed by atoms with Crippen molar-refractivity contribution in [3.05, 3.63) is 0 Å². The van der Waals surface area contributed by atoms with Gasteiger partial charge in [-0.3, -0.25) is 4.90 Å². The van der Waals surface area contributed by atoms with Crippen LogP contribution in [0.1, 0.15) is 27.2 Å². The average Bonchev–Trinajstić information content (AvgIpc) is 2.62. The molecule has 1 saturated heterocycles. The normalized spacial score (nSPS) is 24.6. The molecule has 0 bridgehead atoms. The third kappa shape index (κ3) is 4.04. The molecule has 0 saturated carbocycles. The largest absolute Gasteiger partial charge is 0.313 e. The van der Waals surface area contributed by atoms with Crippen molar-refractivity contribution in [1.82, 2.24) is 15.1 Å². The minimum atomic E-state index is 0.707. The first-order valence-corrected chi connectivity index (χ1v) is 6.66.